The molecule has 0 aliphatic heterocycles. The van der Waals surface area contributed by atoms with Crippen LogP contribution in [0.3, 0.4) is 0 Å². The number of hydrogen-bond acceptors (Lipinski definition) is 17. The van der Waals surface area contributed by atoms with Crippen LogP contribution in [0.5, 0.6) is 0 Å². The lowest BCUT2D eigenvalue weighted by Gasteiger charge is -2.19. The van der Waals surface area contributed by atoms with E-state index >= 15 is 0 Å². The van der Waals surface area contributed by atoms with Gasteiger partial charge in [0.1, 0.15) is 13.2 Å². The van der Waals surface area contributed by atoms with Crippen LogP contribution < -0.4 is 5.32 Å². The number of nitrogens with one attached hydrogen (secondary N) is 1. The zero-order valence-corrected chi connectivity index (χ0v) is 44.0. The molecule has 0 radical (unpaired) electrons. The first-order chi connectivity index (χ1) is 37.7. The predicted octanol–water partition coefficient (Wildman–Crippen LogP) is 7.69. The van der Waals surface area contributed by atoms with E-state index in [0.717, 1.165) is 12.1 Å². The molecule has 77 heavy (non-hydrogen) atoms. The van der Waals surface area contributed by atoms with Gasteiger partial charge in [-0.05, 0) is 52.6 Å². The molecule has 426 valence electrons. The van der Waals surface area contributed by atoms with E-state index in [-0.39, 0.29) is 49.7 Å². The number of amides is 1. The molecule has 1 amide bonds. The number of ether oxygens (including phenoxy) is 14. The van der Waals surface area contributed by atoms with E-state index in [1.807, 2.05) is 24.3 Å². The van der Waals surface area contributed by atoms with Gasteiger partial charge in [0.05, 0.1) is 175 Å². The maximum atomic E-state index is 13.1. The van der Waals surface area contributed by atoms with Crippen molar-refractivity contribution in [3.8, 4) is 11.1 Å². The lowest BCUT2D eigenvalue weighted by molar-refractivity contribution is -0.137. The molecule has 0 saturated heterocycles. The lowest BCUT2D eigenvalue weighted by Crippen LogP contribution is -2.32. The summed E-state index contributed by atoms with van der Waals surface area (Å²) in [5.41, 5.74) is 4.64. The van der Waals surface area contributed by atoms with Gasteiger partial charge in [-0.3, -0.25) is 0 Å². The molecule has 18 nitrogen and oxygen atoms in total. The highest BCUT2D eigenvalue weighted by Gasteiger charge is 2.31. The van der Waals surface area contributed by atoms with Crippen LogP contribution in [0.4, 0.5) is 29.3 Å². The van der Waals surface area contributed by atoms with Crippen LogP contribution in [0.1, 0.15) is 33.0 Å². The van der Waals surface area contributed by atoms with Gasteiger partial charge >= 0.3 is 18.2 Å². The van der Waals surface area contributed by atoms with Crippen LogP contribution in [0.2, 0.25) is 0 Å². The highest BCUT2D eigenvalue weighted by Crippen LogP contribution is 2.44. The van der Waals surface area contributed by atoms with Crippen LogP contribution >= 0.6 is 0 Å². The summed E-state index contributed by atoms with van der Waals surface area (Å²) in [5.74, 6) is -0.612. The van der Waals surface area contributed by atoms with Crippen LogP contribution in [0.25, 0.3) is 11.1 Å². The Bertz CT molecular complexity index is 2180. The summed E-state index contributed by atoms with van der Waals surface area (Å²) < 4.78 is 117. The molecule has 21 heteroatoms. The Balaban J connectivity index is 0.671. The van der Waals surface area contributed by atoms with Crippen molar-refractivity contribution in [2.75, 3.05) is 191 Å². The second-order valence-electron chi connectivity index (χ2n) is 17.0. The Morgan fingerprint density at radius 2 is 0.831 bits per heavy atom. The number of para-hydroxylation sites is 1. The Morgan fingerprint density at radius 1 is 0.455 bits per heavy atom. The molecule has 4 aromatic carbocycles. The molecule has 1 N–H and O–H groups in total. The fourth-order valence-electron chi connectivity index (χ4n) is 7.49. The third-order valence-corrected chi connectivity index (χ3v) is 11.4. The molecule has 0 atom stereocenters. The summed E-state index contributed by atoms with van der Waals surface area (Å²) in [7, 11) is 1.70. The van der Waals surface area contributed by atoms with E-state index in [1.165, 1.54) is 45.4 Å². The first-order valence-electron chi connectivity index (χ1n) is 25.9. The van der Waals surface area contributed by atoms with Crippen molar-refractivity contribution in [3.63, 3.8) is 0 Å². The average molecular weight is 1090 g/mol. The number of likely N-dealkylation sites (N-methyl/N-ethyl adjacent to an activating group) is 1. The molecular weight excluding hydrogens is 1010 g/mol. The quantitative estimate of drug-likeness (QED) is 0.0336. The Kier molecular flexibility index (Phi) is 31.1. The number of carbonyl (C=O) groups is 2. The van der Waals surface area contributed by atoms with Gasteiger partial charge in [0, 0.05) is 25.2 Å². The molecule has 0 fully saturated rings. The monoisotopic (exact) mass is 1090 g/mol. The highest BCUT2D eigenvalue weighted by atomic mass is 19.4. The normalized spacial score (nSPS) is 12.2. The number of alkyl halides is 3. The first kappa shape index (κ1) is 62.6. The van der Waals surface area contributed by atoms with Gasteiger partial charge < -0.3 is 76.5 Å². The summed E-state index contributed by atoms with van der Waals surface area (Å²) in [5, 5.41) is 2.86. The Hall–Kier alpha value is -5.27. The van der Waals surface area contributed by atoms with Crippen molar-refractivity contribution in [2.24, 2.45) is 0 Å². The molecule has 0 aromatic heterocycles. The summed E-state index contributed by atoms with van der Waals surface area (Å²) >= 11 is 0. The van der Waals surface area contributed by atoms with E-state index in [0.29, 0.717) is 158 Å². The number of benzene rings is 4. The number of nitrogens with zero attached hydrogens (tertiary/aromatic N) is 1. The largest absolute Gasteiger partial charge is 0.460 e. The van der Waals surface area contributed by atoms with Gasteiger partial charge in [-0.25, -0.2) is 9.59 Å². The van der Waals surface area contributed by atoms with Crippen LogP contribution in [-0.2, 0) is 72.5 Å². The second kappa shape index (κ2) is 38.3. The summed E-state index contributed by atoms with van der Waals surface area (Å²) in [6, 6.07) is 27.6. The summed E-state index contributed by atoms with van der Waals surface area (Å²) in [4.78, 5) is 26.8. The second-order valence-corrected chi connectivity index (χ2v) is 17.0. The van der Waals surface area contributed by atoms with Crippen molar-refractivity contribution in [1.29, 1.82) is 0 Å². The third-order valence-electron chi connectivity index (χ3n) is 11.4. The van der Waals surface area contributed by atoms with Gasteiger partial charge in [-0.1, -0.05) is 66.7 Å². The maximum absolute atomic E-state index is 13.1. The van der Waals surface area contributed by atoms with Gasteiger partial charge in [0.25, 0.3) is 0 Å². The van der Waals surface area contributed by atoms with Crippen LogP contribution in [0, 0.1) is 0 Å². The standard InChI is InChI=1S/C56H75F3N2O16/c1-61(55(63)77-44-52-49-13-4-2-11-47(49)48-12-3-5-14-50(48)52)17-18-64-19-20-65-21-22-66-23-24-67-25-26-68-27-28-69-29-30-70-31-32-71-33-34-72-35-36-73-37-38-74-39-40-75-41-42-76-54(62)51-15-6-7-16-53(51)60-46-10-8-9-45(43-46)56(57,58)59/h2-16,43,52,60H,17-42,44H2,1H3. The van der Waals surface area contributed by atoms with Gasteiger partial charge in [0.15, 0.2) is 0 Å². The summed E-state index contributed by atoms with van der Waals surface area (Å²) in [6.07, 6.45) is -4.86. The van der Waals surface area contributed by atoms with Gasteiger partial charge in [-0.15, -0.1) is 0 Å². The molecular formula is C56H75F3N2O16. The predicted molar refractivity (Wildman–Crippen MR) is 279 cm³/mol. The van der Waals surface area contributed by atoms with Gasteiger partial charge in [0.2, 0.25) is 0 Å². The zero-order valence-electron chi connectivity index (χ0n) is 44.0. The minimum absolute atomic E-state index is 0.0111. The molecule has 0 heterocycles. The Morgan fingerprint density at radius 3 is 1.26 bits per heavy atom. The zero-order chi connectivity index (χ0) is 54.4. The molecule has 0 bridgehead atoms. The molecule has 1 aliphatic carbocycles. The first-order valence-corrected chi connectivity index (χ1v) is 25.9. The van der Waals surface area contributed by atoms with Crippen molar-refractivity contribution in [1.82, 2.24) is 4.90 Å². The van der Waals surface area contributed by atoms with Crippen molar-refractivity contribution >= 4 is 23.4 Å². The highest BCUT2D eigenvalue weighted by molar-refractivity contribution is 5.96. The minimum atomic E-state index is -4.49. The fraction of sp³-hybridized carbons (Fsp3) is 0.536. The fourth-order valence-corrected chi connectivity index (χ4v) is 7.49. The van der Waals surface area contributed by atoms with Crippen LogP contribution in [0.15, 0.2) is 97.1 Å². The van der Waals surface area contributed by atoms with Gasteiger partial charge in [-0.2, -0.15) is 13.2 Å². The number of rotatable bonds is 44. The SMILES string of the molecule is CN(CCOCCOCCOCCOCCOCCOCCOCCOCCOCCOCCOCCOCCOC(=O)c1ccccc1Nc1cccc(C(F)(F)F)c1)C(=O)OCC1c2ccccc2-c2ccccc21. The minimum Gasteiger partial charge on any atom is -0.460 e. The molecule has 0 unspecified atom stereocenters. The summed E-state index contributed by atoms with van der Waals surface area (Å²) in [6.45, 7) is 10.6. The van der Waals surface area contributed by atoms with Crippen LogP contribution in [-0.4, -0.2) is 202 Å². The number of carbonyl (C=O) groups excluding carboxylic acids is 2. The third kappa shape index (κ3) is 25.4. The maximum Gasteiger partial charge on any atom is 0.416 e. The van der Waals surface area contributed by atoms with Crippen molar-refractivity contribution in [3.05, 3.63) is 119 Å². The molecule has 1 aliphatic rings. The van der Waals surface area contributed by atoms with Crippen molar-refractivity contribution in [2.45, 2.75) is 12.1 Å². The van der Waals surface area contributed by atoms with Crippen molar-refractivity contribution < 1.29 is 89.1 Å². The number of fused-ring (bicyclic) bond motifs is 3. The number of halogens is 3. The average Bonchev–Trinajstić information content (AvgIpc) is 3.79. The Labute approximate surface area is 449 Å². The number of anilines is 2. The molecule has 0 saturated carbocycles. The number of esters is 1. The van der Waals surface area contributed by atoms with E-state index in [1.54, 1.807) is 25.2 Å². The smallest absolute Gasteiger partial charge is 0.416 e. The van der Waals surface area contributed by atoms with E-state index in [4.69, 9.17) is 66.3 Å². The van der Waals surface area contributed by atoms with E-state index in [2.05, 4.69) is 29.6 Å². The topological polar surface area (TPSA) is 179 Å². The lowest BCUT2D eigenvalue weighted by atomic mass is 9.98. The van der Waals surface area contributed by atoms with E-state index in [9.17, 15) is 22.8 Å². The van der Waals surface area contributed by atoms with E-state index < -0.39 is 17.7 Å². The molecule has 5 rings (SSSR count). The molecule has 0 spiro atoms. The molecule has 4 aromatic rings. The number of hydrogen-bond donors (Lipinski definition) is 1.